The third-order valence-electron chi connectivity index (χ3n) is 5.02. The van der Waals surface area contributed by atoms with Gasteiger partial charge < -0.3 is 15.4 Å². The topological polar surface area (TPSA) is 92.9 Å². The lowest BCUT2D eigenvalue weighted by molar-refractivity contribution is 0.0581. The highest BCUT2D eigenvalue weighted by molar-refractivity contribution is 7.89. The fourth-order valence-electron chi connectivity index (χ4n) is 3.51. The van der Waals surface area contributed by atoms with Crippen LogP contribution in [-0.4, -0.2) is 69.0 Å². The number of hydrogen-bond acceptors (Lipinski definition) is 6. The summed E-state index contributed by atoms with van der Waals surface area (Å²) in [5.41, 5.74) is 5.21. The normalized spacial score (nSPS) is 23.4. The average Bonchev–Trinajstić information content (AvgIpc) is 3.26. The first-order valence-corrected chi connectivity index (χ1v) is 10.9. The molecule has 2 aliphatic rings. The highest BCUT2D eigenvalue weighted by atomic mass is 32.2. The second-order valence-corrected chi connectivity index (χ2v) is 9.57. The number of likely N-dealkylation sites (N-methyl/N-ethyl adjacent to an activating group) is 1. The third-order valence-corrected chi connectivity index (χ3v) is 7.99. The second-order valence-electron chi connectivity index (χ2n) is 6.72. The van der Waals surface area contributed by atoms with E-state index in [0.717, 1.165) is 50.2 Å². The monoisotopic (exact) mass is 387 g/mol. The number of ether oxygens (including phenoxy) is 1. The van der Waals surface area contributed by atoms with Gasteiger partial charge in [-0.2, -0.15) is 4.31 Å². The van der Waals surface area contributed by atoms with E-state index in [1.165, 1.54) is 15.8 Å². The number of thiophene rings is 1. The molecule has 0 radical (unpaired) electrons. The Labute approximate surface area is 152 Å². The Balaban J connectivity index is 1.57. The van der Waals surface area contributed by atoms with E-state index in [4.69, 9.17) is 10.5 Å². The number of nitrogens with zero attached hydrogens (tertiary/aromatic N) is 2. The van der Waals surface area contributed by atoms with Crippen LogP contribution in [-0.2, 0) is 14.8 Å². The molecule has 140 valence electrons. The standard InChI is InChI=1S/C16H25N3O4S2/c1-18(10-13-3-2-8-23-13)12-4-6-19(7-5-12)25(21,22)14-9-15(16(17)20)24-11-14/h9,11-13H,2-8,10H2,1H3,(H2,17,20). The van der Waals surface area contributed by atoms with Gasteiger partial charge in [-0.05, 0) is 38.8 Å². The molecular weight excluding hydrogens is 362 g/mol. The van der Waals surface area contributed by atoms with E-state index in [0.29, 0.717) is 25.2 Å². The molecule has 1 amide bonds. The van der Waals surface area contributed by atoms with E-state index in [1.54, 1.807) is 0 Å². The van der Waals surface area contributed by atoms with Crippen molar-refractivity contribution in [1.82, 2.24) is 9.21 Å². The smallest absolute Gasteiger partial charge is 0.258 e. The van der Waals surface area contributed by atoms with Crippen LogP contribution in [0.2, 0.25) is 0 Å². The van der Waals surface area contributed by atoms with Gasteiger partial charge in [0.15, 0.2) is 0 Å². The van der Waals surface area contributed by atoms with Gasteiger partial charge in [0.25, 0.3) is 5.91 Å². The van der Waals surface area contributed by atoms with Crippen molar-refractivity contribution in [2.45, 2.75) is 42.7 Å². The molecule has 1 aromatic heterocycles. The minimum Gasteiger partial charge on any atom is -0.377 e. The molecule has 9 heteroatoms. The molecule has 1 unspecified atom stereocenters. The molecule has 0 spiro atoms. The number of amides is 1. The van der Waals surface area contributed by atoms with E-state index < -0.39 is 15.9 Å². The van der Waals surface area contributed by atoms with Gasteiger partial charge in [-0.3, -0.25) is 4.79 Å². The minimum atomic E-state index is -3.55. The summed E-state index contributed by atoms with van der Waals surface area (Å²) in [6.07, 6.45) is 4.15. The molecule has 0 aromatic carbocycles. The van der Waals surface area contributed by atoms with Gasteiger partial charge in [-0.1, -0.05) is 0 Å². The molecule has 2 saturated heterocycles. The van der Waals surface area contributed by atoms with Gasteiger partial charge in [0.1, 0.15) is 0 Å². The molecule has 3 rings (SSSR count). The van der Waals surface area contributed by atoms with Crippen LogP contribution in [0.15, 0.2) is 16.3 Å². The number of hydrogen-bond donors (Lipinski definition) is 1. The summed E-state index contributed by atoms with van der Waals surface area (Å²) in [5, 5.41) is 1.49. The highest BCUT2D eigenvalue weighted by Crippen LogP contribution is 2.26. The summed E-state index contributed by atoms with van der Waals surface area (Å²) in [5.74, 6) is -0.596. The molecule has 2 aliphatic heterocycles. The minimum absolute atomic E-state index is 0.164. The van der Waals surface area contributed by atoms with Crippen LogP contribution in [0.5, 0.6) is 0 Å². The first kappa shape index (κ1) is 18.8. The number of rotatable bonds is 6. The van der Waals surface area contributed by atoms with Gasteiger partial charge in [0.05, 0.1) is 15.9 Å². The van der Waals surface area contributed by atoms with Crippen molar-refractivity contribution in [3.8, 4) is 0 Å². The van der Waals surface area contributed by atoms with Crippen molar-refractivity contribution < 1.29 is 17.9 Å². The zero-order valence-electron chi connectivity index (χ0n) is 14.4. The summed E-state index contributed by atoms with van der Waals surface area (Å²) in [4.78, 5) is 13.9. The van der Waals surface area contributed by atoms with Crippen molar-refractivity contribution in [2.24, 2.45) is 5.73 Å². The van der Waals surface area contributed by atoms with Crippen LogP contribution in [0.1, 0.15) is 35.4 Å². The van der Waals surface area contributed by atoms with Gasteiger partial charge in [0, 0.05) is 37.7 Å². The maximum atomic E-state index is 12.7. The third kappa shape index (κ3) is 4.22. The Morgan fingerprint density at radius 3 is 2.68 bits per heavy atom. The summed E-state index contributed by atoms with van der Waals surface area (Å²) in [6.45, 7) is 2.74. The number of piperidine rings is 1. The van der Waals surface area contributed by atoms with Crippen LogP contribution >= 0.6 is 11.3 Å². The Morgan fingerprint density at radius 2 is 2.12 bits per heavy atom. The maximum absolute atomic E-state index is 12.7. The van der Waals surface area contributed by atoms with Crippen LogP contribution in [0.25, 0.3) is 0 Å². The Hall–Kier alpha value is -1.00. The van der Waals surface area contributed by atoms with E-state index in [2.05, 4.69) is 11.9 Å². The van der Waals surface area contributed by atoms with Crippen LogP contribution in [0, 0.1) is 0 Å². The van der Waals surface area contributed by atoms with E-state index in [1.807, 2.05) is 0 Å². The van der Waals surface area contributed by atoms with Crippen molar-refractivity contribution in [1.29, 1.82) is 0 Å². The molecule has 1 aromatic rings. The molecule has 1 atom stereocenters. The molecule has 25 heavy (non-hydrogen) atoms. The molecule has 0 saturated carbocycles. The van der Waals surface area contributed by atoms with Crippen LogP contribution in [0.4, 0.5) is 0 Å². The predicted molar refractivity (Wildman–Crippen MR) is 96.2 cm³/mol. The lowest BCUT2D eigenvalue weighted by Crippen LogP contribution is -2.47. The molecular formula is C16H25N3O4S2. The average molecular weight is 388 g/mol. The predicted octanol–water partition coefficient (Wildman–Crippen LogP) is 1.11. The van der Waals surface area contributed by atoms with Crippen molar-refractivity contribution in [3.05, 3.63) is 16.3 Å². The number of carbonyl (C=O) groups excluding carboxylic acids is 1. The van der Waals surface area contributed by atoms with Gasteiger partial charge in [-0.15, -0.1) is 11.3 Å². The van der Waals surface area contributed by atoms with Gasteiger partial charge in [0.2, 0.25) is 10.0 Å². The zero-order valence-corrected chi connectivity index (χ0v) is 16.0. The molecule has 7 nitrogen and oxygen atoms in total. The quantitative estimate of drug-likeness (QED) is 0.789. The number of carbonyl (C=O) groups is 1. The number of primary amides is 1. The first-order chi connectivity index (χ1) is 11.9. The highest BCUT2D eigenvalue weighted by Gasteiger charge is 2.32. The Kier molecular flexibility index (Phi) is 5.79. The SMILES string of the molecule is CN(CC1CCCO1)C1CCN(S(=O)(=O)c2csc(C(N)=O)c2)CC1. The molecule has 2 fully saturated rings. The molecule has 0 bridgehead atoms. The van der Waals surface area contributed by atoms with Crippen molar-refractivity contribution >= 4 is 27.3 Å². The second kappa shape index (κ2) is 7.71. The number of sulfonamides is 1. The molecule has 2 N–H and O–H groups in total. The lowest BCUT2D eigenvalue weighted by Gasteiger charge is -2.36. The van der Waals surface area contributed by atoms with E-state index in [9.17, 15) is 13.2 Å². The summed E-state index contributed by atoms with van der Waals surface area (Å²) < 4.78 is 32.6. The molecule has 0 aliphatic carbocycles. The fraction of sp³-hybridized carbons (Fsp3) is 0.688. The summed E-state index contributed by atoms with van der Waals surface area (Å²) >= 11 is 1.07. The summed E-state index contributed by atoms with van der Waals surface area (Å²) in [6, 6.07) is 1.75. The molecule has 3 heterocycles. The zero-order chi connectivity index (χ0) is 18.0. The Morgan fingerprint density at radius 1 is 1.40 bits per heavy atom. The summed E-state index contributed by atoms with van der Waals surface area (Å²) in [7, 11) is -1.46. The number of nitrogens with two attached hydrogens (primary N) is 1. The maximum Gasteiger partial charge on any atom is 0.258 e. The van der Waals surface area contributed by atoms with Crippen molar-refractivity contribution in [3.63, 3.8) is 0 Å². The largest absolute Gasteiger partial charge is 0.377 e. The van der Waals surface area contributed by atoms with E-state index in [-0.39, 0.29) is 9.77 Å². The van der Waals surface area contributed by atoms with Crippen LogP contribution < -0.4 is 5.73 Å². The van der Waals surface area contributed by atoms with Crippen LogP contribution in [0.3, 0.4) is 0 Å². The van der Waals surface area contributed by atoms with Crippen molar-refractivity contribution in [2.75, 3.05) is 33.3 Å². The van der Waals surface area contributed by atoms with Gasteiger partial charge >= 0.3 is 0 Å². The lowest BCUT2D eigenvalue weighted by atomic mass is 10.0. The van der Waals surface area contributed by atoms with Gasteiger partial charge in [-0.25, -0.2) is 8.42 Å². The fourth-order valence-corrected chi connectivity index (χ4v) is 6.10. The van der Waals surface area contributed by atoms with E-state index >= 15 is 0 Å². The first-order valence-electron chi connectivity index (χ1n) is 8.58. The Bertz CT molecular complexity index is 705.